The molecule has 1 aromatic heterocycles. The fourth-order valence-electron chi connectivity index (χ4n) is 2.64. The van der Waals surface area contributed by atoms with Crippen molar-refractivity contribution in [1.29, 1.82) is 5.26 Å². The van der Waals surface area contributed by atoms with Gasteiger partial charge in [-0.05, 0) is 38.5 Å². The zero-order chi connectivity index (χ0) is 18.6. The van der Waals surface area contributed by atoms with Crippen molar-refractivity contribution in [3.05, 3.63) is 46.8 Å². The van der Waals surface area contributed by atoms with E-state index in [1.165, 1.54) is 4.90 Å². The number of aryl methyl sites for hydroxylation is 1. The molecule has 2 N–H and O–H groups in total. The van der Waals surface area contributed by atoms with Gasteiger partial charge in [0, 0.05) is 0 Å². The molecule has 2 rings (SSSR count). The van der Waals surface area contributed by atoms with Gasteiger partial charge in [0.05, 0.1) is 47.5 Å². The van der Waals surface area contributed by atoms with Crippen molar-refractivity contribution in [2.45, 2.75) is 33.9 Å². The lowest BCUT2D eigenvalue weighted by Crippen LogP contribution is -2.29. The van der Waals surface area contributed by atoms with E-state index in [9.17, 15) is 9.90 Å². The third kappa shape index (κ3) is 3.95. The number of carbonyl (C=O) groups is 1. The molecule has 25 heavy (non-hydrogen) atoms. The van der Waals surface area contributed by atoms with Gasteiger partial charge < -0.3 is 10.3 Å². The topological polar surface area (TPSA) is 115 Å². The molecule has 1 amide bonds. The minimum atomic E-state index is -1.11. The van der Waals surface area contributed by atoms with Crippen molar-refractivity contribution >= 4 is 17.5 Å². The van der Waals surface area contributed by atoms with Crippen LogP contribution in [0.15, 0.2) is 29.4 Å². The van der Waals surface area contributed by atoms with E-state index in [4.69, 9.17) is 10.5 Å². The third-order valence-corrected chi connectivity index (χ3v) is 3.79. The molecule has 1 heterocycles. The van der Waals surface area contributed by atoms with Gasteiger partial charge in [0.25, 0.3) is 0 Å². The van der Waals surface area contributed by atoms with E-state index in [1.54, 1.807) is 49.7 Å². The van der Waals surface area contributed by atoms with Gasteiger partial charge in [-0.25, -0.2) is 4.79 Å². The van der Waals surface area contributed by atoms with Crippen molar-refractivity contribution in [1.82, 2.24) is 9.78 Å². The standard InChI is InChI=1S/C17H19N5O3/c1-11(20-25)9-22-13(3)16(12(2)19-22)21(17(23)24)10-15-6-4-5-14(7-15)8-18/h4-7,25H,9-10H2,1-3H3,(H,23,24)/b20-11+. The Balaban J connectivity index is 2.41. The molecule has 0 aliphatic heterocycles. The van der Waals surface area contributed by atoms with Crippen LogP contribution < -0.4 is 4.90 Å². The maximum Gasteiger partial charge on any atom is 0.412 e. The molecule has 130 valence electrons. The number of nitrogens with zero attached hydrogens (tertiary/aromatic N) is 5. The first kappa shape index (κ1) is 18.0. The molecule has 0 aliphatic carbocycles. The van der Waals surface area contributed by atoms with Gasteiger partial charge in [-0.1, -0.05) is 17.3 Å². The second-order valence-electron chi connectivity index (χ2n) is 5.69. The second-order valence-corrected chi connectivity index (χ2v) is 5.69. The molecule has 0 spiro atoms. The van der Waals surface area contributed by atoms with Crippen LogP contribution in [-0.4, -0.2) is 31.9 Å². The Bertz CT molecular complexity index is 864. The van der Waals surface area contributed by atoms with E-state index >= 15 is 0 Å². The largest absolute Gasteiger partial charge is 0.465 e. The van der Waals surface area contributed by atoms with Crippen LogP contribution in [0.5, 0.6) is 0 Å². The summed E-state index contributed by atoms with van der Waals surface area (Å²) in [5.74, 6) is 0. The summed E-state index contributed by atoms with van der Waals surface area (Å²) in [4.78, 5) is 13.0. The first-order chi connectivity index (χ1) is 11.9. The SMILES string of the molecule is C/C(Cn1nc(C)c(N(Cc2cccc(C#N)c2)C(=O)O)c1C)=N\O. The highest BCUT2D eigenvalue weighted by molar-refractivity contribution is 5.88. The fraction of sp³-hybridized carbons (Fsp3) is 0.294. The molecule has 0 unspecified atom stereocenters. The Hall–Kier alpha value is -3.34. The van der Waals surface area contributed by atoms with Crippen LogP contribution in [0.4, 0.5) is 10.5 Å². The molecular formula is C17H19N5O3. The Morgan fingerprint density at radius 2 is 2.16 bits per heavy atom. The molecule has 0 radical (unpaired) electrons. The van der Waals surface area contributed by atoms with Gasteiger partial charge >= 0.3 is 6.09 Å². The molecule has 0 saturated carbocycles. The summed E-state index contributed by atoms with van der Waals surface area (Å²) in [5, 5.41) is 34.9. The molecule has 0 fully saturated rings. The van der Waals surface area contributed by atoms with Gasteiger partial charge in [-0.3, -0.25) is 9.58 Å². The summed E-state index contributed by atoms with van der Waals surface area (Å²) >= 11 is 0. The van der Waals surface area contributed by atoms with Crippen LogP contribution in [0.25, 0.3) is 0 Å². The molecule has 8 nitrogen and oxygen atoms in total. The zero-order valence-corrected chi connectivity index (χ0v) is 14.3. The zero-order valence-electron chi connectivity index (χ0n) is 14.3. The molecule has 1 aromatic carbocycles. The van der Waals surface area contributed by atoms with Crippen molar-refractivity contribution < 1.29 is 15.1 Å². The molecular weight excluding hydrogens is 322 g/mol. The van der Waals surface area contributed by atoms with E-state index < -0.39 is 6.09 Å². The Kier molecular flexibility index (Phi) is 5.39. The minimum Gasteiger partial charge on any atom is -0.465 e. The van der Waals surface area contributed by atoms with Gasteiger partial charge in [-0.15, -0.1) is 0 Å². The monoisotopic (exact) mass is 341 g/mol. The van der Waals surface area contributed by atoms with Crippen LogP contribution in [0.1, 0.15) is 29.4 Å². The van der Waals surface area contributed by atoms with Crippen LogP contribution in [0, 0.1) is 25.2 Å². The normalized spacial score (nSPS) is 11.2. The number of amides is 1. The minimum absolute atomic E-state index is 0.102. The molecule has 0 aliphatic rings. The summed E-state index contributed by atoms with van der Waals surface area (Å²) in [5.41, 5.74) is 3.34. The van der Waals surface area contributed by atoms with E-state index in [2.05, 4.69) is 10.3 Å². The number of hydrogen-bond acceptors (Lipinski definition) is 5. The maximum atomic E-state index is 11.8. The lowest BCUT2D eigenvalue weighted by atomic mass is 10.1. The van der Waals surface area contributed by atoms with Crippen molar-refractivity contribution in [3.8, 4) is 6.07 Å². The molecule has 0 atom stereocenters. The van der Waals surface area contributed by atoms with Gasteiger partial charge in [0.1, 0.15) is 0 Å². The predicted octanol–water partition coefficient (Wildman–Crippen LogP) is 2.91. The van der Waals surface area contributed by atoms with Crippen molar-refractivity contribution in [3.63, 3.8) is 0 Å². The summed E-state index contributed by atoms with van der Waals surface area (Å²) in [6.07, 6.45) is -1.11. The smallest absolute Gasteiger partial charge is 0.412 e. The van der Waals surface area contributed by atoms with E-state index in [0.717, 1.165) is 0 Å². The number of nitriles is 1. The van der Waals surface area contributed by atoms with Gasteiger partial charge in [0.15, 0.2) is 0 Å². The highest BCUT2D eigenvalue weighted by Crippen LogP contribution is 2.26. The fourth-order valence-corrected chi connectivity index (χ4v) is 2.64. The molecule has 8 heteroatoms. The number of anilines is 1. The first-order valence-electron chi connectivity index (χ1n) is 7.58. The highest BCUT2D eigenvalue weighted by atomic mass is 16.4. The number of carboxylic acid groups (broad SMARTS) is 1. The van der Waals surface area contributed by atoms with Crippen LogP contribution in [-0.2, 0) is 13.1 Å². The molecule has 2 aromatic rings. The summed E-state index contributed by atoms with van der Waals surface area (Å²) < 4.78 is 1.60. The number of rotatable bonds is 5. The van der Waals surface area contributed by atoms with E-state index in [-0.39, 0.29) is 13.1 Å². The van der Waals surface area contributed by atoms with Crippen LogP contribution in [0.2, 0.25) is 0 Å². The second kappa shape index (κ2) is 7.49. The Labute approximate surface area is 145 Å². The van der Waals surface area contributed by atoms with Gasteiger partial charge in [-0.2, -0.15) is 10.4 Å². The number of hydrogen-bond donors (Lipinski definition) is 2. The Morgan fingerprint density at radius 1 is 1.44 bits per heavy atom. The van der Waals surface area contributed by atoms with E-state index in [0.29, 0.717) is 33.9 Å². The average Bonchev–Trinajstić information content (AvgIpc) is 2.86. The number of benzene rings is 1. The first-order valence-corrected chi connectivity index (χ1v) is 7.58. The van der Waals surface area contributed by atoms with Gasteiger partial charge in [0.2, 0.25) is 0 Å². The number of oxime groups is 1. The maximum absolute atomic E-state index is 11.8. The summed E-state index contributed by atoms with van der Waals surface area (Å²) in [7, 11) is 0. The molecule has 0 saturated heterocycles. The third-order valence-electron chi connectivity index (χ3n) is 3.79. The average molecular weight is 341 g/mol. The quantitative estimate of drug-likeness (QED) is 0.493. The lowest BCUT2D eigenvalue weighted by Gasteiger charge is -2.20. The Morgan fingerprint density at radius 3 is 2.76 bits per heavy atom. The van der Waals surface area contributed by atoms with Crippen LogP contribution >= 0.6 is 0 Å². The van der Waals surface area contributed by atoms with Crippen molar-refractivity contribution in [2.75, 3.05) is 4.90 Å². The highest BCUT2D eigenvalue weighted by Gasteiger charge is 2.23. The molecule has 0 bridgehead atoms. The van der Waals surface area contributed by atoms with Crippen molar-refractivity contribution in [2.24, 2.45) is 5.16 Å². The summed E-state index contributed by atoms with van der Waals surface area (Å²) in [6, 6.07) is 8.86. The predicted molar refractivity (Wildman–Crippen MR) is 92.0 cm³/mol. The number of aromatic nitrogens is 2. The van der Waals surface area contributed by atoms with Crippen LogP contribution in [0.3, 0.4) is 0 Å². The summed E-state index contributed by atoms with van der Waals surface area (Å²) in [6.45, 7) is 5.51. The van der Waals surface area contributed by atoms with E-state index in [1.807, 2.05) is 6.07 Å². The lowest BCUT2D eigenvalue weighted by molar-refractivity contribution is 0.201.